The SMILES string of the molecule is COc1cccc(C(=O)N2CCN(Cc3cc(C)no3)CC2)c1OC. The van der Waals surface area contributed by atoms with Crippen molar-refractivity contribution in [2.75, 3.05) is 40.4 Å². The smallest absolute Gasteiger partial charge is 0.257 e. The zero-order chi connectivity index (χ0) is 17.8. The van der Waals surface area contributed by atoms with Crippen LogP contribution < -0.4 is 9.47 Å². The minimum Gasteiger partial charge on any atom is -0.493 e. The summed E-state index contributed by atoms with van der Waals surface area (Å²) in [6, 6.07) is 7.30. The molecule has 1 fully saturated rings. The van der Waals surface area contributed by atoms with E-state index in [2.05, 4.69) is 10.1 Å². The van der Waals surface area contributed by atoms with Gasteiger partial charge in [0.15, 0.2) is 17.3 Å². The van der Waals surface area contributed by atoms with Gasteiger partial charge in [-0.05, 0) is 19.1 Å². The predicted octanol–water partition coefficient (Wildman–Crippen LogP) is 1.96. The van der Waals surface area contributed by atoms with Crippen LogP contribution in [0.25, 0.3) is 0 Å². The fraction of sp³-hybridized carbons (Fsp3) is 0.444. The van der Waals surface area contributed by atoms with Crippen molar-refractivity contribution in [2.45, 2.75) is 13.5 Å². The Morgan fingerprint density at radius 1 is 1.20 bits per heavy atom. The molecule has 2 aromatic rings. The summed E-state index contributed by atoms with van der Waals surface area (Å²) < 4.78 is 15.9. The van der Waals surface area contributed by atoms with E-state index in [1.165, 1.54) is 0 Å². The van der Waals surface area contributed by atoms with E-state index in [-0.39, 0.29) is 5.91 Å². The Labute approximate surface area is 147 Å². The highest BCUT2D eigenvalue weighted by atomic mass is 16.5. The first kappa shape index (κ1) is 17.3. The summed E-state index contributed by atoms with van der Waals surface area (Å²) in [6.45, 7) is 5.52. The van der Waals surface area contributed by atoms with Crippen molar-refractivity contribution in [3.63, 3.8) is 0 Å². The van der Waals surface area contributed by atoms with E-state index in [9.17, 15) is 4.79 Å². The molecule has 7 heteroatoms. The predicted molar refractivity (Wildman–Crippen MR) is 92.0 cm³/mol. The van der Waals surface area contributed by atoms with Crippen molar-refractivity contribution in [3.05, 3.63) is 41.3 Å². The molecule has 3 rings (SSSR count). The zero-order valence-corrected chi connectivity index (χ0v) is 14.8. The number of carbonyl (C=O) groups is 1. The number of methoxy groups -OCH3 is 2. The van der Waals surface area contributed by atoms with Crippen molar-refractivity contribution in [2.24, 2.45) is 0 Å². The molecule has 25 heavy (non-hydrogen) atoms. The Morgan fingerprint density at radius 3 is 2.56 bits per heavy atom. The normalized spacial score (nSPS) is 15.2. The molecule has 0 unspecified atom stereocenters. The summed E-state index contributed by atoms with van der Waals surface area (Å²) in [7, 11) is 3.11. The number of amides is 1. The molecule has 1 saturated heterocycles. The minimum absolute atomic E-state index is 0.0362. The molecule has 0 bridgehead atoms. The third-order valence-corrected chi connectivity index (χ3v) is 4.35. The average Bonchev–Trinajstić information content (AvgIpc) is 3.05. The molecule has 7 nitrogen and oxygen atoms in total. The van der Waals surface area contributed by atoms with E-state index in [0.717, 1.165) is 24.5 Å². The summed E-state index contributed by atoms with van der Waals surface area (Å²) in [5, 5.41) is 3.91. The average molecular weight is 345 g/mol. The van der Waals surface area contributed by atoms with E-state index in [0.29, 0.717) is 36.7 Å². The lowest BCUT2D eigenvalue weighted by Gasteiger charge is -2.34. The number of ether oxygens (including phenoxy) is 2. The lowest BCUT2D eigenvalue weighted by atomic mass is 10.1. The van der Waals surface area contributed by atoms with Gasteiger partial charge in [-0.2, -0.15) is 0 Å². The molecule has 1 amide bonds. The first-order valence-electron chi connectivity index (χ1n) is 8.27. The van der Waals surface area contributed by atoms with Crippen LogP contribution in [0.15, 0.2) is 28.8 Å². The molecule has 0 spiro atoms. The van der Waals surface area contributed by atoms with E-state index >= 15 is 0 Å². The van der Waals surface area contributed by atoms with E-state index in [1.54, 1.807) is 32.4 Å². The first-order chi connectivity index (χ1) is 12.1. The van der Waals surface area contributed by atoms with Gasteiger partial charge in [0.05, 0.1) is 32.0 Å². The number of piperazine rings is 1. The molecule has 1 aromatic heterocycles. The molecule has 134 valence electrons. The second-order valence-corrected chi connectivity index (χ2v) is 6.04. The quantitative estimate of drug-likeness (QED) is 0.825. The van der Waals surface area contributed by atoms with Crippen LogP contribution in [-0.4, -0.2) is 61.3 Å². The van der Waals surface area contributed by atoms with Gasteiger partial charge in [-0.1, -0.05) is 11.2 Å². The van der Waals surface area contributed by atoms with E-state index < -0.39 is 0 Å². The van der Waals surface area contributed by atoms with Crippen molar-refractivity contribution in [1.82, 2.24) is 15.0 Å². The summed E-state index contributed by atoms with van der Waals surface area (Å²) in [4.78, 5) is 17.0. The Kier molecular flexibility index (Phi) is 5.23. The Balaban J connectivity index is 1.64. The monoisotopic (exact) mass is 345 g/mol. The van der Waals surface area contributed by atoms with E-state index in [1.807, 2.05) is 17.9 Å². The summed E-state index contributed by atoms with van der Waals surface area (Å²) >= 11 is 0. The van der Waals surface area contributed by atoms with Crippen LogP contribution in [0.2, 0.25) is 0 Å². The number of aromatic nitrogens is 1. The maximum Gasteiger partial charge on any atom is 0.257 e. The number of hydrogen-bond acceptors (Lipinski definition) is 6. The van der Waals surface area contributed by atoms with Gasteiger partial charge in [-0.15, -0.1) is 0 Å². The van der Waals surface area contributed by atoms with Gasteiger partial charge in [0.2, 0.25) is 0 Å². The lowest BCUT2D eigenvalue weighted by molar-refractivity contribution is 0.0613. The highest BCUT2D eigenvalue weighted by Crippen LogP contribution is 2.31. The maximum atomic E-state index is 12.9. The molecule has 0 N–H and O–H groups in total. The number of rotatable bonds is 5. The number of para-hydroxylation sites is 1. The molecular formula is C18H23N3O4. The van der Waals surface area contributed by atoms with Gasteiger partial charge in [0, 0.05) is 32.2 Å². The maximum absolute atomic E-state index is 12.9. The standard InChI is InChI=1S/C18H23N3O4/c1-13-11-14(25-19-13)12-20-7-9-21(10-8-20)18(22)15-5-4-6-16(23-2)17(15)24-3/h4-6,11H,7-10,12H2,1-3H3. The summed E-state index contributed by atoms with van der Waals surface area (Å²) in [5.41, 5.74) is 1.41. The van der Waals surface area contributed by atoms with Crippen molar-refractivity contribution in [3.8, 4) is 11.5 Å². The fourth-order valence-corrected chi connectivity index (χ4v) is 3.05. The van der Waals surface area contributed by atoms with Crippen LogP contribution in [0.5, 0.6) is 11.5 Å². The van der Waals surface area contributed by atoms with Gasteiger partial charge < -0.3 is 18.9 Å². The van der Waals surface area contributed by atoms with E-state index in [4.69, 9.17) is 14.0 Å². The van der Waals surface area contributed by atoms with Crippen LogP contribution in [0.3, 0.4) is 0 Å². The molecule has 1 aromatic carbocycles. The Hall–Kier alpha value is -2.54. The second-order valence-electron chi connectivity index (χ2n) is 6.04. The van der Waals surface area contributed by atoms with Gasteiger partial charge in [-0.3, -0.25) is 9.69 Å². The highest BCUT2D eigenvalue weighted by Gasteiger charge is 2.26. The van der Waals surface area contributed by atoms with Crippen molar-refractivity contribution >= 4 is 5.91 Å². The van der Waals surface area contributed by atoms with Crippen molar-refractivity contribution in [1.29, 1.82) is 0 Å². The summed E-state index contributed by atoms with van der Waals surface area (Å²) in [5.74, 6) is 1.86. The molecule has 0 atom stereocenters. The minimum atomic E-state index is -0.0362. The van der Waals surface area contributed by atoms with Crippen molar-refractivity contribution < 1.29 is 18.8 Å². The molecule has 0 saturated carbocycles. The topological polar surface area (TPSA) is 68.0 Å². The fourth-order valence-electron chi connectivity index (χ4n) is 3.05. The third kappa shape index (κ3) is 3.76. The largest absolute Gasteiger partial charge is 0.493 e. The number of aryl methyl sites for hydroxylation is 1. The number of benzene rings is 1. The van der Waals surface area contributed by atoms with Crippen LogP contribution in [0.4, 0.5) is 0 Å². The Bertz CT molecular complexity index is 736. The molecule has 0 radical (unpaired) electrons. The first-order valence-corrected chi connectivity index (χ1v) is 8.27. The molecule has 1 aliphatic heterocycles. The van der Waals surface area contributed by atoms with Crippen LogP contribution >= 0.6 is 0 Å². The number of carbonyl (C=O) groups excluding carboxylic acids is 1. The van der Waals surface area contributed by atoms with Gasteiger partial charge >= 0.3 is 0 Å². The van der Waals surface area contributed by atoms with Crippen LogP contribution in [-0.2, 0) is 6.54 Å². The number of nitrogens with zero attached hydrogens (tertiary/aromatic N) is 3. The third-order valence-electron chi connectivity index (χ3n) is 4.35. The van der Waals surface area contributed by atoms with Gasteiger partial charge in [0.1, 0.15) is 0 Å². The lowest BCUT2D eigenvalue weighted by Crippen LogP contribution is -2.48. The summed E-state index contributed by atoms with van der Waals surface area (Å²) in [6.07, 6.45) is 0. The molecule has 1 aliphatic rings. The Morgan fingerprint density at radius 2 is 1.96 bits per heavy atom. The highest BCUT2D eigenvalue weighted by molar-refractivity contribution is 5.97. The molecule has 2 heterocycles. The van der Waals surface area contributed by atoms with Crippen LogP contribution in [0.1, 0.15) is 21.8 Å². The molecule has 0 aliphatic carbocycles. The second kappa shape index (κ2) is 7.57. The van der Waals surface area contributed by atoms with Gasteiger partial charge in [0.25, 0.3) is 5.91 Å². The zero-order valence-electron chi connectivity index (χ0n) is 14.8. The number of hydrogen-bond donors (Lipinski definition) is 0. The van der Waals surface area contributed by atoms with Gasteiger partial charge in [-0.25, -0.2) is 0 Å². The van der Waals surface area contributed by atoms with Crippen LogP contribution in [0, 0.1) is 6.92 Å². The molecular weight excluding hydrogens is 322 g/mol.